The third-order valence-electron chi connectivity index (χ3n) is 5.63. The van der Waals surface area contributed by atoms with Crippen molar-refractivity contribution in [3.05, 3.63) is 24.8 Å². The second-order valence-electron chi connectivity index (χ2n) is 8.57. The molecule has 0 atom stereocenters. The summed E-state index contributed by atoms with van der Waals surface area (Å²) in [5.74, 6) is -0.342. The average Bonchev–Trinajstić information content (AvgIpc) is 2.75. The number of rotatable bonds is 24. The van der Waals surface area contributed by atoms with Gasteiger partial charge in [-0.15, -0.1) is 6.58 Å². The molecule has 0 heterocycles. The van der Waals surface area contributed by atoms with Crippen molar-refractivity contribution in [2.45, 2.75) is 129 Å². The van der Waals surface area contributed by atoms with Gasteiger partial charge >= 0.3 is 5.97 Å². The monoisotopic (exact) mass is 422 g/mol. The molecule has 0 aliphatic heterocycles. The van der Waals surface area contributed by atoms with E-state index in [2.05, 4.69) is 20.1 Å². The molecule has 3 nitrogen and oxygen atoms in total. The van der Waals surface area contributed by atoms with Crippen LogP contribution in [0, 0.1) is 0 Å². The van der Waals surface area contributed by atoms with Crippen LogP contribution in [0.15, 0.2) is 24.8 Å². The van der Waals surface area contributed by atoms with Crippen molar-refractivity contribution in [1.82, 2.24) is 0 Å². The van der Waals surface area contributed by atoms with E-state index in [0.717, 1.165) is 19.3 Å². The lowest BCUT2D eigenvalue weighted by molar-refractivity contribution is -0.150. The predicted molar refractivity (Wildman–Crippen MR) is 130 cm³/mol. The van der Waals surface area contributed by atoms with Crippen molar-refractivity contribution < 1.29 is 14.3 Å². The van der Waals surface area contributed by atoms with Crippen molar-refractivity contribution in [3.8, 4) is 0 Å². The van der Waals surface area contributed by atoms with Gasteiger partial charge in [-0.1, -0.05) is 129 Å². The Kier molecular flexibility index (Phi) is 23.3. The van der Waals surface area contributed by atoms with Crippen LogP contribution in [-0.4, -0.2) is 19.4 Å². The predicted octanol–water partition coefficient (Wildman–Crippen LogP) is 8.68. The molecule has 0 aromatic rings. The quantitative estimate of drug-likeness (QED) is 0.0513. The molecule has 0 amide bonds. The van der Waals surface area contributed by atoms with E-state index in [1.807, 2.05) is 0 Å². The Morgan fingerprint density at radius 2 is 1.10 bits per heavy atom. The Morgan fingerprint density at radius 3 is 1.50 bits per heavy atom. The minimum absolute atomic E-state index is 0.0248. The molecule has 0 aliphatic carbocycles. The maximum atomic E-state index is 11.7. The third kappa shape index (κ3) is 21.6. The Bertz CT molecular complexity index is 403. The van der Waals surface area contributed by atoms with Gasteiger partial charge in [0.15, 0.2) is 6.79 Å². The standard InChI is InChI=1S/C27H50O3/c1-4-6-7-8-9-10-11-12-13-14-15-16-17-18-19-20-21-22-23-26(3)27(28)30-25-29-24-5-2/h5H,2-4,6-25H2,1H3. The van der Waals surface area contributed by atoms with E-state index in [4.69, 9.17) is 9.47 Å². The summed E-state index contributed by atoms with van der Waals surface area (Å²) in [6.45, 7) is 10.0. The highest BCUT2D eigenvalue weighted by Gasteiger charge is 2.07. The molecule has 0 radical (unpaired) electrons. The van der Waals surface area contributed by atoms with Gasteiger partial charge in [0.25, 0.3) is 0 Å². The molecule has 0 rings (SSSR count). The molecule has 0 saturated carbocycles. The van der Waals surface area contributed by atoms with Crippen LogP contribution in [0.2, 0.25) is 0 Å². The minimum Gasteiger partial charge on any atom is -0.435 e. The molecular weight excluding hydrogens is 372 g/mol. The number of carbonyl (C=O) groups is 1. The van der Waals surface area contributed by atoms with Crippen LogP contribution in [0.1, 0.15) is 129 Å². The maximum absolute atomic E-state index is 11.7. The van der Waals surface area contributed by atoms with Gasteiger partial charge in [0.1, 0.15) is 0 Å². The SMILES string of the molecule is C=CCOCOC(=O)C(=C)CCCCCCCCCCCCCCCCCCCC. The summed E-state index contributed by atoms with van der Waals surface area (Å²) in [6, 6.07) is 0. The second-order valence-corrected chi connectivity index (χ2v) is 8.57. The van der Waals surface area contributed by atoms with E-state index in [9.17, 15) is 4.79 Å². The topological polar surface area (TPSA) is 35.5 Å². The molecular formula is C27H50O3. The first kappa shape index (κ1) is 28.9. The summed E-state index contributed by atoms with van der Waals surface area (Å²) in [5.41, 5.74) is 0.550. The summed E-state index contributed by atoms with van der Waals surface area (Å²) >= 11 is 0. The highest BCUT2D eigenvalue weighted by Crippen LogP contribution is 2.15. The van der Waals surface area contributed by atoms with Crippen LogP contribution in [0.5, 0.6) is 0 Å². The van der Waals surface area contributed by atoms with Crippen LogP contribution in [0.4, 0.5) is 0 Å². The fourth-order valence-corrected chi connectivity index (χ4v) is 3.67. The zero-order chi connectivity index (χ0) is 22.1. The van der Waals surface area contributed by atoms with Crippen LogP contribution in [0.25, 0.3) is 0 Å². The fourth-order valence-electron chi connectivity index (χ4n) is 3.67. The van der Waals surface area contributed by atoms with Crippen LogP contribution in [-0.2, 0) is 14.3 Å². The van der Waals surface area contributed by atoms with Gasteiger partial charge in [-0.2, -0.15) is 0 Å². The Labute approximate surface area is 187 Å². The molecule has 176 valence electrons. The van der Waals surface area contributed by atoms with Crippen molar-refractivity contribution in [2.24, 2.45) is 0 Å². The summed E-state index contributed by atoms with van der Waals surface area (Å²) in [7, 11) is 0. The lowest BCUT2D eigenvalue weighted by atomic mass is 10.0. The van der Waals surface area contributed by atoms with Crippen LogP contribution >= 0.6 is 0 Å². The van der Waals surface area contributed by atoms with Crippen LogP contribution < -0.4 is 0 Å². The number of esters is 1. The van der Waals surface area contributed by atoms with Crippen molar-refractivity contribution in [2.75, 3.05) is 13.4 Å². The summed E-state index contributed by atoms with van der Waals surface area (Å²) in [4.78, 5) is 11.7. The summed E-state index contributed by atoms with van der Waals surface area (Å²) in [5, 5.41) is 0. The van der Waals surface area contributed by atoms with E-state index in [1.54, 1.807) is 6.08 Å². The van der Waals surface area contributed by atoms with Crippen molar-refractivity contribution in [3.63, 3.8) is 0 Å². The number of unbranched alkanes of at least 4 members (excludes halogenated alkanes) is 17. The van der Waals surface area contributed by atoms with E-state index >= 15 is 0 Å². The highest BCUT2D eigenvalue weighted by molar-refractivity contribution is 5.87. The molecule has 0 spiro atoms. The fraction of sp³-hybridized carbons (Fsp3) is 0.815. The molecule has 0 aromatic carbocycles. The van der Waals surface area contributed by atoms with Gasteiger partial charge in [-0.05, 0) is 12.8 Å². The number of hydrogen-bond donors (Lipinski definition) is 0. The van der Waals surface area contributed by atoms with Gasteiger partial charge in [-0.25, -0.2) is 4.79 Å². The number of carbonyl (C=O) groups excluding carboxylic acids is 1. The Morgan fingerprint density at radius 1 is 0.700 bits per heavy atom. The molecule has 3 heteroatoms. The smallest absolute Gasteiger partial charge is 0.335 e. The lowest BCUT2D eigenvalue weighted by Crippen LogP contribution is -2.10. The lowest BCUT2D eigenvalue weighted by Gasteiger charge is -2.07. The molecule has 0 N–H and O–H groups in total. The maximum Gasteiger partial charge on any atom is 0.335 e. The van der Waals surface area contributed by atoms with Crippen molar-refractivity contribution in [1.29, 1.82) is 0 Å². The summed E-state index contributed by atoms with van der Waals surface area (Å²) in [6.07, 6.45) is 26.9. The molecule has 0 fully saturated rings. The van der Waals surface area contributed by atoms with Gasteiger partial charge in [-0.3, -0.25) is 0 Å². The van der Waals surface area contributed by atoms with E-state index in [-0.39, 0.29) is 12.8 Å². The van der Waals surface area contributed by atoms with E-state index < -0.39 is 0 Å². The van der Waals surface area contributed by atoms with Crippen molar-refractivity contribution >= 4 is 5.97 Å². The average molecular weight is 423 g/mol. The van der Waals surface area contributed by atoms with Gasteiger partial charge in [0.05, 0.1) is 6.61 Å². The first-order valence-corrected chi connectivity index (χ1v) is 12.8. The minimum atomic E-state index is -0.342. The van der Waals surface area contributed by atoms with Gasteiger partial charge in [0.2, 0.25) is 0 Å². The molecule has 0 unspecified atom stereocenters. The molecule has 30 heavy (non-hydrogen) atoms. The third-order valence-corrected chi connectivity index (χ3v) is 5.63. The second kappa shape index (κ2) is 24.2. The number of ether oxygens (including phenoxy) is 2. The normalized spacial score (nSPS) is 10.8. The zero-order valence-corrected chi connectivity index (χ0v) is 20.1. The molecule has 0 saturated heterocycles. The largest absolute Gasteiger partial charge is 0.435 e. The molecule has 0 aromatic heterocycles. The Balaban J connectivity index is 3.21. The highest BCUT2D eigenvalue weighted by atomic mass is 16.7. The molecule has 0 aliphatic rings. The van der Waals surface area contributed by atoms with E-state index in [0.29, 0.717) is 12.2 Å². The zero-order valence-electron chi connectivity index (χ0n) is 20.1. The first-order chi connectivity index (χ1) is 14.7. The molecule has 0 bridgehead atoms. The summed E-state index contributed by atoms with van der Waals surface area (Å²) < 4.78 is 10.0. The first-order valence-electron chi connectivity index (χ1n) is 12.8. The van der Waals surface area contributed by atoms with Gasteiger partial charge < -0.3 is 9.47 Å². The van der Waals surface area contributed by atoms with E-state index in [1.165, 1.54) is 103 Å². The van der Waals surface area contributed by atoms with Crippen LogP contribution in [0.3, 0.4) is 0 Å². The number of hydrogen-bond acceptors (Lipinski definition) is 3. The Hall–Kier alpha value is -1.09. The van der Waals surface area contributed by atoms with Gasteiger partial charge in [0, 0.05) is 5.57 Å².